The minimum Gasteiger partial charge on any atom is -0.505 e. The van der Waals surface area contributed by atoms with Crippen LogP contribution in [0.1, 0.15) is 5.56 Å². The molecule has 0 bridgehead atoms. The Hall–Kier alpha value is -1.18. The highest BCUT2D eigenvalue weighted by Crippen LogP contribution is 2.38. The van der Waals surface area contributed by atoms with Crippen LogP contribution in [0.15, 0.2) is 46.2 Å². The molecular weight excluding hydrogens is 417 g/mol. The van der Waals surface area contributed by atoms with Gasteiger partial charge in [-0.25, -0.2) is 0 Å². The maximum atomic E-state index is 12.8. The van der Waals surface area contributed by atoms with Crippen LogP contribution < -0.4 is 4.90 Å². The minimum absolute atomic E-state index is 0.127. The first kappa shape index (κ1) is 18.6. The van der Waals surface area contributed by atoms with E-state index in [2.05, 4.69) is 0 Å². The van der Waals surface area contributed by atoms with Crippen molar-refractivity contribution < 1.29 is 9.90 Å². The third-order valence-corrected chi connectivity index (χ3v) is 6.05. The molecule has 0 atom stereocenters. The highest BCUT2D eigenvalue weighted by molar-refractivity contribution is 8.27. The second-order valence-corrected chi connectivity index (χ2v) is 8.42. The van der Waals surface area contributed by atoms with Gasteiger partial charge in [-0.15, -0.1) is 11.8 Å². The number of hydrogen-bond acceptors (Lipinski definition) is 5. The molecule has 0 spiro atoms. The molecule has 1 fully saturated rings. The smallest absolute Gasteiger partial charge is 0.270 e. The summed E-state index contributed by atoms with van der Waals surface area (Å²) in [4.78, 5) is 15.8. The quantitative estimate of drug-likeness (QED) is 0.379. The molecule has 1 amide bonds. The van der Waals surface area contributed by atoms with Gasteiger partial charge in [0, 0.05) is 4.90 Å². The highest BCUT2D eigenvalue weighted by atomic mass is 35.5. The normalized spacial score (nSPS) is 16.1. The SMILES string of the molecule is CSc1cccc(N2C(=O)/C(=C/c3cc(Cl)c(O)c(Cl)c3)SC2=S)c1. The molecule has 3 nitrogen and oxygen atoms in total. The number of amides is 1. The summed E-state index contributed by atoms with van der Waals surface area (Å²) in [6.07, 6.45) is 3.64. The van der Waals surface area contributed by atoms with E-state index in [1.165, 1.54) is 16.7 Å². The molecule has 1 N–H and O–H groups in total. The first-order valence-corrected chi connectivity index (χ1v) is 10.2. The first-order valence-electron chi connectivity index (χ1n) is 7.00. The van der Waals surface area contributed by atoms with Gasteiger partial charge in [-0.3, -0.25) is 9.69 Å². The van der Waals surface area contributed by atoms with Crippen LogP contribution >= 0.6 is 58.9 Å². The maximum absolute atomic E-state index is 12.8. The van der Waals surface area contributed by atoms with Crippen molar-refractivity contribution in [3.05, 3.63) is 56.9 Å². The summed E-state index contributed by atoms with van der Waals surface area (Å²) in [6.45, 7) is 0. The van der Waals surface area contributed by atoms with Gasteiger partial charge in [0.2, 0.25) is 0 Å². The lowest BCUT2D eigenvalue weighted by Gasteiger charge is -2.15. The third-order valence-electron chi connectivity index (χ3n) is 3.44. The van der Waals surface area contributed by atoms with Crippen LogP contribution in [0.5, 0.6) is 5.75 Å². The summed E-state index contributed by atoms with van der Waals surface area (Å²) in [5.74, 6) is -0.379. The number of carbonyl (C=O) groups excluding carboxylic acids is 1. The molecule has 1 saturated heterocycles. The topological polar surface area (TPSA) is 40.5 Å². The Kier molecular flexibility index (Phi) is 5.65. The van der Waals surface area contributed by atoms with Crippen molar-refractivity contribution >= 4 is 80.9 Å². The molecule has 25 heavy (non-hydrogen) atoms. The van der Waals surface area contributed by atoms with Gasteiger partial charge in [-0.2, -0.15) is 0 Å². The van der Waals surface area contributed by atoms with Gasteiger partial charge in [0.25, 0.3) is 5.91 Å². The van der Waals surface area contributed by atoms with Crippen molar-refractivity contribution in [1.29, 1.82) is 0 Å². The fraction of sp³-hybridized carbons (Fsp3) is 0.0588. The van der Waals surface area contributed by atoms with Crippen LogP contribution in [-0.4, -0.2) is 21.6 Å². The molecule has 2 aromatic carbocycles. The largest absolute Gasteiger partial charge is 0.505 e. The molecule has 0 saturated carbocycles. The van der Waals surface area contributed by atoms with Gasteiger partial charge in [-0.1, -0.05) is 53.2 Å². The van der Waals surface area contributed by atoms with Gasteiger partial charge >= 0.3 is 0 Å². The average Bonchev–Trinajstić information content (AvgIpc) is 2.86. The van der Waals surface area contributed by atoms with Crippen molar-refractivity contribution in [1.82, 2.24) is 0 Å². The highest BCUT2D eigenvalue weighted by Gasteiger charge is 2.33. The van der Waals surface area contributed by atoms with E-state index in [-0.39, 0.29) is 21.7 Å². The molecule has 0 radical (unpaired) electrons. The number of thiocarbonyl (C=S) groups is 1. The van der Waals surface area contributed by atoms with Gasteiger partial charge in [-0.05, 0) is 48.2 Å². The van der Waals surface area contributed by atoms with Crippen molar-refractivity contribution in [2.45, 2.75) is 4.90 Å². The van der Waals surface area contributed by atoms with Gasteiger partial charge < -0.3 is 5.11 Å². The summed E-state index contributed by atoms with van der Waals surface area (Å²) < 4.78 is 0.463. The molecule has 1 heterocycles. The van der Waals surface area contributed by atoms with E-state index >= 15 is 0 Å². The molecule has 8 heteroatoms. The fourth-order valence-corrected chi connectivity index (χ4v) is 4.52. The summed E-state index contributed by atoms with van der Waals surface area (Å²) in [7, 11) is 0. The standard InChI is InChI=1S/C17H11Cl2NO2S3/c1-24-11-4-2-3-10(8-11)20-16(22)14(25-17(20)23)7-9-5-12(18)15(21)13(19)6-9/h2-8,21H,1H3/b14-7-. The Bertz CT molecular complexity index is 892. The van der Waals surface area contributed by atoms with Crippen LogP contribution in [0, 0.1) is 0 Å². The number of nitrogens with zero attached hydrogens (tertiary/aromatic N) is 1. The van der Waals surface area contributed by atoms with E-state index < -0.39 is 0 Å². The predicted molar refractivity (Wildman–Crippen MR) is 112 cm³/mol. The number of phenolic OH excluding ortho intramolecular Hbond substituents is 1. The molecule has 1 aliphatic rings. The number of rotatable bonds is 3. The van der Waals surface area contributed by atoms with Crippen LogP contribution in [-0.2, 0) is 4.79 Å². The van der Waals surface area contributed by atoms with Crippen molar-refractivity contribution in [2.24, 2.45) is 0 Å². The number of hydrogen-bond donors (Lipinski definition) is 1. The summed E-state index contributed by atoms with van der Waals surface area (Å²) >= 11 is 20.1. The number of anilines is 1. The monoisotopic (exact) mass is 427 g/mol. The Morgan fingerprint density at radius 1 is 1.24 bits per heavy atom. The summed E-state index contributed by atoms with van der Waals surface area (Å²) in [6, 6.07) is 10.7. The van der Waals surface area contributed by atoms with Crippen LogP contribution in [0.3, 0.4) is 0 Å². The zero-order valence-corrected chi connectivity index (χ0v) is 16.8. The second-order valence-electron chi connectivity index (χ2n) is 5.05. The number of aromatic hydroxyl groups is 1. The minimum atomic E-state index is -0.200. The van der Waals surface area contributed by atoms with Gasteiger partial charge in [0.15, 0.2) is 10.1 Å². The van der Waals surface area contributed by atoms with E-state index in [4.69, 9.17) is 35.4 Å². The molecule has 3 rings (SSSR count). The maximum Gasteiger partial charge on any atom is 0.270 e. The van der Waals surface area contributed by atoms with E-state index in [1.54, 1.807) is 30.0 Å². The van der Waals surface area contributed by atoms with Crippen molar-refractivity contribution in [3.8, 4) is 5.75 Å². The van der Waals surface area contributed by atoms with Crippen molar-refractivity contribution in [3.63, 3.8) is 0 Å². The number of halogens is 2. The first-order chi connectivity index (χ1) is 11.9. The van der Waals surface area contributed by atoms with Crippen molar-refractivity contribution in [2.75, 3.05) is 11.2 Å². The van der Waals surface area contributed by atoms with Gasteiger partial charge in [0.1, 0.15) is 0 Å². The lowest BCUT2D eigenvalue weighted by atomic mass is 10.2. The Labute approximate surface area is 169 Å². The van der Waals surface area contributed by atoms with Crippen LogP contribution in [0.4, 0.5) is 5.69 Å². The molecule has 2 aromatic rings. The number of thioether (sulfide) groups is 2. The number of phenols is 1. The molecular formula is C17H11Cl2NO2S3. The molecule has 128 valence electrons. The zero-order chi connectivity index (χ0) is 18.1. The third kappa shape index (κ3) is 3.83. The Morgan fingerprint density at radius 2 is 1.92 bits per heavy atom. The Morgan fingerprint density at radius 3 is 2.56 bits per heavy atom. The second kappa shape index (κ2) is 7.60. The zero-order valence-electron chi connectivity index (χ0n) is 12.8. The van der Waals surface area contributed by atoms with Crippen LogP contribution in [0.2, 0.25) is 10.0 Å². The Balaban J connectivity index is 1.96. The summed E-state index contributed by atoms with van der Waals surface area (Å²) in [5.41, 5.74) is 1.35. The van der Waals surface area contributed by atoms with Crippen LogP contribution in [0.25, 0.3) is 6.08 Å². The number of carbonyl (C=O) groups is 1. The van der Waals surface area contributed by atoms with E-state index in [9.17, 15) is 9.90 Å². The average molecular weight is 428 g/mol. The lowest BCUT2D eigenvalue weighted by Crippen LogP contribution is -2.27. The van der Waals surface area contributed by atoms with E-state index in [0.717, 1.165) is 10.6 Å². The molecule has 0 aromatic heterocycles. The predicted octanol–water partition coefficient (Wildman–Crippen LogP) is 5.83. The van der Waals surface area contributed by atoms with E-state index in [1.807, 2.05) is 30.5 Å². The summed E-state index contributed by atoms with van der Waals surface area (Å²) in [5, 5.41) is 9.89. The lowest BCUT2D eigenvalue weighted by molar-refractivity contribution is -0.113. The molecule has 1 aliphatic heterocycles. The van der Waals surface area contributed by atoms with Gasteiger partial charge in [0.05, 0.1) is 20.6 Å². The molecule has 0 unspecified atom stereocenters. The van der Waals surface area contributed by atoms with E-state index in [0.29, 0.717) is 14.8 Å². The molecule has 0 aliphatic carbocycles. The number of benzene rings is 2. The fourth-order valence-electron chi connectivity index (χ4n) is 2.26.